The second kappa shape index (κ2) is 12.6. The molecule has 3 aromatic rings. The fourth-order valence-electron chi connectivity index (χ4n) is 5.96. The van der Waals surface area contributed by atoms with Crippen molar-refractivity contribution in [1.82, 2.24) is 15.3 Å². The Kier molecular flexibility index (Phi) is 9.03. The zero-order chi connectivity index (χ0) is 30.8. The van der Waals surface area contributed by atoms with Crippen molar-refractivity contribution in [2.24, 2.45) is 5.41 Å². The van der Waals surface area contributed by atoms with E-state index < -0.39 is 12.3 Å². The molecule has 43 heavy (non-hydrogen) atoms. The number of ether oxygens (including phenoxy) is 2. The highest BCUT2D eigenvalue weighted by Gasteiger charge is 2.46. The second-order valence-electron chi connectivity index (χ2n) is 11.1. The van der Waals surface area contributed by atoms with Crippen molar-refractivity contribution >= 4 is 29.3 Å². The number of aryl methyl sites for hydroxylation is 1. The number of carbonyl (C=O) groups is 1. The Bertz CT molecular complexity index is 1460. The predicted molar refractivity (Wildman–Crippen MR) is 159 cm³/mol. The molecule has 2 fully saturated rings. The van der Waals surface area contributed by atoms with Crippen LogP contribution in [0.25, 0.3) is 11.1 Å². The van der Waals surface area contributed by atoms with E-state index in [1.165, 1.54) is 24.3 Å². The number of halogens is 4. The highest BCUT2D eigenvalue weighted by atomic mass is 35.5. The third-order valence-corrected chi connectivity index (χ3v) is 8.50. The van der Waals surface area contributed by atoms with E-state index in [1.54, 1.807) is 19.1 Å². The third kappa shape index (κ3) is 6.99. The van der Waals surface area contributed by atoms with Crippen molar-refractivity contribution in [3.05, 3.63) is 64.7 Å². The normalized spacial score (nSPS) is 18.9. The topological polar surface area (TPSA) is 103 Å². The number of benzene rings is 2. The number of hydrogen-bond acceptors (Lipinski definition) is 8. The van der Waals surface area contributed by atoms with Crippen LogP contribution in [0.1, 0.15) is 50.3 Å². The summed E-state index contributed by atoms with van der Waals surface area (Å²) in [4.78, 5) is 22.5. The maximum absolute atomic E-state index is 14.6. The lowest BCUT2D eigenvalue weighted by Crippen LogP contribution is -2.41. The highest BCUT2D eigenvalue weighted by Crippen LogP contribution is 2.43. The number of carbonyl (C=O) groups excluding carboxylic acids is 1. The van der Waals surface area contributed by atoms with E-state index in [2.05, 4.69) is 15.3 Å². The molecular weight excluding hydrogens is 583 g/mol. The van der Waals surface area contributed by atoms with E-state index in [4.69, 9.17) is 26.8 Å². The quantitative estimate of drug-likeness (QED) is 0.291. The van der Waals surface area contributed by atoms with Gasteiger partial charge in [0.05, 0.1) is 6.61 Å². The van der Waals surface area contributed by atoms with Crippen LogP contribution < -0.4 is 20.7 Å². The van der Waals surface area contributed by atoms with E-state index in [9.17, 15) is 18.0 Å². The molecule has 0 aliphatic carbocycles. The van der Waals surface area contributed by atoms with Crippen LogP contribution in [-0.2, 0) is 16.0 Å². The third-order valence-electron chi connectivity index (χ3n) is 8.27. The molecule has 0 bridgehead atoms. The van der Waals surface area contributed by atoms with E-state index in [-0.39, 0.29) is 34.8 Å². The van der Waals surface area contributed by atoms with Gasteiger partial charge in [-0.1, -0.05) is 48.9 Å². The number of nitrogens with zero attached hydrogens (tertiary/aromatic N) is 3. The number of aromatic nitrogens is 2. The van der Waals surface area contributed by atoms with Crippen molar-refractivity contribution in [2.45, 2.75) is 57.9 Å². The average Bonchev–Trinajstić information content (AvgIpc) is 3.39. The molecular formula is C31H35ClF3N5O3. The fraction of sp³-hybridized carbons (Fsp3) is 0.452. The summed E-state index contributed by atoms with van der Waals surface area (Å²) in [6.45, 7) is 5.96. The van der Waals surface area contributed by atoms with E-state index >= 15 is 0 Å². The Hall–Kier alpha value is -3.57. The lowest BCUT2D eigenvalue weighted by Gasteiger charge is -2.39. The highest BCUT2D eigenvalue weighted by molar-refractivity contribution is 6.30. The van der Waals surface area contributed by atoms with Gasteiger partial charge in [-0.05, 0) is 66.8 Å². The summed E-state index contributed by atoms with van der Waals surface area (Å²) in [5.41, 5.74) is 7.72. The number of rotatable bonds is 8. The summed E-state index contributed by atoms with van der Waals surface area (Å²) < 4.78 is 54.6. The predicted octanol–water partition coefficient (Wildman–Crippen LogP) is 6.14. The average molecular weight is 618 g/mol. The molecule has 12 heteroatoms. The number of nitrogens with one attached hydrogen (secondary N) is 1. The lowest BCUT2D eigenvalue weighted by atomic mass is 9.76. The Morgan fingerprint density at radius 2 is 1.93 bits per heavy atom. The SMILES string of the molecule is CCOC(=O)[C@@H]1CC2(CCN(c3cc(O[C@H](c4ccc(Cl)cc4-c4cccc(CC)c4)C(F)(F)F)nc(N)n3)CC2)CN1. The standard InChI is InChI=1S/C31H35ClF3N5O3/c1-3-19-6-5-7-20(14-19)23-15-21(32)8-9-22(23)27(31(33,34)35)43-26-16-25(38-29(36)39-26)40-12-10-30(11-13-40)17-24(37-18-30)28(41)42-4-2/h5-9,14-16,24,27,37H,3-4,10-13,17-18H2,1-2H3,(H2,36,38,39)/t24-,27+/m0/s1. The number of hydrogen-bond donors (Lipinski definition) is 2. The smallest absolute Gasteiger partial charge is 0.429 e. The van der Waals surface area contributed by atoms with Gasteiger partial charge in [0, 0.05) is 36.3 Å². The van der Waals surface area contributed by atoms with E-state index in [1.807, 2.05) is 24.0 Å². The zero-order valence-electron chi connectivity index (χ0n) is 24.1. The number of piperidine rings is 1. The van der Waals surface area contributed by atoms with Crippen molar-refractivity contribution in [3.8, 4) is 17.0 Å². The van der Waals surface area contributed by atoms with E-state index in [0.29, 0.717) is 54.6 Å². The van der Waals surface area contributed by atoms with E-state index in [0.717, 1.165) is 24.8 Å². The molecule has 2 saturated heterocycles. The molecule has 2 aliphatic rings. The van der Waals surface area contributed by atoms with Gasteiger partial charge in [0.2, 0.25) is 17.9 Å². The first-order chi connectivity index (χ1) is 20.5. The van der Waals surface area contributed by atoms with Gasteiger partial charge < -0.3 is 25.4 Å². The number of esters is 1. The van der Waals surface area contributed by atoms with Crippen molar-refractivity contribution in [3.63, 3.8) is 0 Å². The van der Waals surface area contributed by atoms with Crippen LogP contribution in [0.3, 0.4) is 0 Å². The van der Waals surface area contributed by atoms with Gasteiger partial charge in [-0.15, -0.1) is 0 Å². The molecule has 5 rings (SSSR count). The van der Waals surface area contributed by atoms with Crippen LogP contribution in [0.4, 0.5) is 24.9 Å². The first-order valence-electron chi connectivity index (χ1n) is 14.4. The molecule has 0 amide bonds. The minimum Gasteiger partial charge on any atom is -0.465 e. The maximum atomic E-state index is 14.6. The monoisotopic (exact) mass is 617 g/mol. The molecule has 3 heterocycles. The van der Waals surface area contributed by atoms with Crippen LogP contribution >= 0.6 is 11.6 Å². The molecule has 2 aromatic carbocycles. The van der Waals surface area contributed by atoms with Crippen LogP contribution in [0.5, 0.6) is 5.88 Å². The Morgan fingerprint density at radius 1 is 1.16 bits per heavy atom. The summed E-state index contributed by atoms with van der Waals surface area (Å²) in [5.74, 6) is -0.324. The van der Waals surface area contributed by atoms with Crippen LogP contribution in [0, 0.1) is 5.41 Å². The first-order valence-corrected chi connectivity index (χ1v) is 14.8. The first kappa shape index (κ1) is 30.9. The fourth-order valence-corrected chi connectivity index (χ4v) is 6.14. The molecule has 8 nitrogen and oxygen atoms in total. The molecule has 230 valence electrons. The second-order valence-corrected chi connectivity index (χ2v) is 11.6. The molecule has 1 spiro atoms. The van der Waals surface area contributed by atoms with Crippen LogP contribution in [0.2, 0.25) is 5.02 Å². The van der Waals surface area contributed by atoms with Gasteiger partial charge in [0.15, 0.2) is 0 Å². The molecule has 1 aromatic heterocycles. The van der Waals surface area contributed by atoms with Crippen molar-refractivity contribution in [2.75, 3.05) is 36.9 Å². The van der Waals surface area contributed by atoms with Gasteiger partial charge in [-0.25, -0.2) is 0 Å². The largest absolute Gasteiger partial charge is 0.465 e. The molecule has 2 aliphatic heterocycles. The Labute approximate surface area is 253 Å². The van der Waals surface area contributed by atoms with Gasteiger partial charge in [-0.2, -0.15) is 23.1 Å². The van der Waals surface area contributed by atoms with Crippen LogP contribution in [0.15, 0.2) is 48.5 Å². The molecule has 2 atom stereocenters. The molecule has 0 saturated carbocycles. The number of anilines is 2. The molecule has 0 radical (unpaired) electrons. The van der Waals surface area contributed by atoms with Crippen molar-refractivity contribution in [1.29, 1.82) is 0 Å². The maximum Gasteiger partial charge on any atom is 0.429 e. The van der Waals surface area contributed by atoms with Gasteiger partial charge >= 0.3 is 12.1 Å². The molecule has 0 unspecified atom stereocenters. The summed E-state index contributed by atoms with van der Waals surface area (Å²) in [7, 11) is 0. The summed E-state index contributed by atoms with van der Waals surface area (Å²) >= 11 is 6.24. The Balaban J connectivity index is 1.38. The lowest BCUT2D eigenvalue weighted by molar-refractivity contribution is -0.198. The summed E-state index contributed by atoms with van der Waals surface area (Å²) in [6.07, 6.45) is -4.16. The van der Waals surface area contributed by atoms with Gasteiger partial charge in [-0.3, -0.25) is 4.79 Å². The summed E-state index contributed by atoms with van der Waals surface area (Å²) in [5, 5.41) is 3.59. The van der Waals surface area contributed by atoms with Crippen LogP contribution in [-0.4, -0.2) is 54.4 Å². The number of nitrogen functional groups attached to an aromatic ring is 1. The van der Waals surface area contributed by atoms with Crippen molar-refractivity contribution < 1.29 is 27.4 Å². The van der Waals surface area contributed by atoms with Gasteiger partial charge in [0.1, 0.15) is 11.9 Å². The summed E-state index contributed by atoms with van der Waals surface area (Å²) in [6, 6.07) is 12.7. The van der Waals surface area contributed by atoms with Gasteiger partial charge in [0.25, 0.3) is 0 Å². The minimum atomic E-state index is -4.77. The Morgan fingerprint density at radius 3 is 2.63 bits per heavy atom. The number of nitrogens with two attached hydrogens (primary N) is 1. The zero-order valence-corrected chi connectivity index (χ0v) is 24.8. The minimum absolute atomic E-state index is 0.0622. The molecule has 3 N–H and O–H groups in total. The number of alkyl halides is 3.